The lowest BCUT2D eigenvalue weighted by atomic mass is 9.85. The Morgan fingerprint density at radius 1 is 0.962 bits per heavy atom. The molecule has 0 unspecified atom stereocenters. The third-order valence-electron chi connectivity index (χ3n) is 14.9. The lowest BCUT2D eigenvalue weighted by Gasteiger charge is -2.41. The minimum Gasteiger partial charge on any atom is -0.391 e. The van der Waals surface area contributed by atoms with E-state index in [0.29, 0.717) is 16.6 Å². The van der Waals surface area contributed by atoms with Crippen LogP contribution in [0.2, 0.25) is 0 Å². The minimum atomic E-state index is -4.37. The summed E-state index contributed by atoms with van der Waals surface area (Å²) in [6, 6.07) is 17.5. The first-order valence-corrected chi connectivity index (χ1v) is 28.3. The predicted molar refractivity (Wildman–Crippen MR) is 290 cm³/mol. The van der Waals surface area contributed by atoms with Gasteiger partial charge < -0.3 is 35.3 Å². The summed E-state index contributed by atoms with van der Waals surface area (Å²) in [4.78, 5) is 71.1. The number of fused-ring (bicyclic) bond motifs is 1. The Kier molecular flexibility index (Phi) is 16.9. The maximum atomic E-state index is 15.8. The number of nitrogens with one attached hydrogen (secondary N) is 4. The molecule has 1 saturated carbocycles. The lowest BCUT2D eigenvalue weighted by Crippen LogP contribution is -2.58. The normalized spacial score (nSPS) is 20.2. The molecular weight excluding hydrogens is 1050 g/mol. The minimum absolute atomic E-state index is 0.00852. The van der Waals surface area contributed by atoms with Gasteiger partial charge >= 0.3 is 10.2 Å². The van der Waals surface area contributed by atoms with Gasteiger partial charge in [-0.2, -0.15) is 12.7 Å². The van der Waals surface area contributed by atoms with E-state index in [1.165, 1.54) is 11.1 Å². The number of aliphatic hydroxyl groups excluding tert-OH is 1. The molecule has 78 heavy (non-hydrogen) atoms. The maximum absolute atomic E-state index is 15.8. The van der Waals surface area contributed by atoms with Crippen LogP contribution in [0, 0.1) is 24.0 Å². The molecule has 3 aromatic carbocycles. The number of carbonyl (C=O) groups is 4. The average molecular weight is 1110 g/mol. The van der Waals surface area contributed by atoms with Crippen molar-refractivity contribution < 1.29 is 50.6 Å². The number of hydrogen-bond acceptors (Lipinski definition) is 12. The quantitative estimate of drug-likeness (QED) is 0.0486. The van der Waals surface area contributed by atoms with Crippen molar-refractivity contribution in [1.29, 1.82) is 0 Å². The number of anilines is 1. The van der Waals surface area contributed by atoms with Crippen LogP contribution in [0.15, 0.2) is 84.6 Å². The molecule has 6 aromatic rings. The molecule has 1 aliphatic carbocycles. The van der Waals surface area contributed by atoms with E-state index in [0.717, 1.165) is 81.5 Å². The molecule has 3 amide bonds. The monoisotopic (exact) mass is 1110 g/mol. The molecule has 5 N–H and O–H groups in total. The molecule has 0 bridgehead atoms. The van der Waals surface area contributed by atoms with Crippen molar-refractivity contribution in [1.82, 2.24) is 39.7 Å². The molecule has 0 spiro atoms. The van der Waals surface area contributed by atoms with Crippen LogP contribution in [-0.4, -0.2) is 142 Å². The first-order valence-electron chi connectivity index (χ1n) is 26.0. The summed E-state index contributed by atoms with van der Waals surface area (Å²) in [7, 11) is -2.31. The molecule has 9 rings (SSSR count). The Hall–Kier alpha value is -6.56. The molecule has 2 saturated heterocycles. The van der Waals surface area contributed by atoms with Crippen LogP contribution in [-0.2, 0) is 42.3 Å². The van der Waals surface area contributed by atoms with Gasteiger partial charge in [0.25, 0.3) is 0 Å². The Morgan fingerprint density at radius 3 is 2.36 bits per heavy atom. The lowest BCUT2D eigenvalue weighted by molar-refractivity contribution is -0.145. The van der Waals surface area contributed by atoms with Gasteiger partial charge in [0.15, 0.2) is 5.82 Å². The number of aliphatic hydroxyl groups is 1. The van der Waals surface area contributed by atoms with Gasteiger partial charge in [-0.3, -0.25) is 23.9 Å². The highest BCUT2D eigenvalue weighted by atomic mass is 32.2. The van der Waals surface area contributed by atoms with Crippen LogP contribution in [0.1, 0.15) is 85.6 Å². The SMILES string of the molecule is Cc1ncsc1-c1ccc(CNC(=O)[C@@H]2C[C@@H](O)CN2C(=O)[C@@H](NC(=O)CO[C@H]2C[C@H](N(C)CCCc3ccc(-c4cnc5[nH]cc(C(=O)c6c(F)ccc(NS(=O)(=O)N7CC[C@@H](F)C7)c6F)c5c4)cc3)C2)C(C)(C)C)cc1. The van der Waals surface area contributed by atoms with E-state index in [9.17, 15) is 37.1 Å². The van der Waals surface area contributed by atoms with Gasteiger partial charge in [-0.05, 0) is 98.5 Å². The smallest absolute Gasteiger partial charge is 0.301 e. The summed E-state index contributed by atoms with van der Waals surface area (Å²) in [5.74, 6) is -4.88. The number of carbonyl (C=O) groups excluding carboxylic acids is 4. The highest BCUT2D eigenvalue weighted by Gasteiger charge is 2.45. The maximum Gasteiger partial charge on any atom is 0.301 e. The number of pyridine rings is 1. The summed E-state index contributed by atoms with van der Waals surface area (Å²) < 4.78 is 79.2. The van der Waals surface area contributed by atoms with Crippen LogP contribution in [0.5, 0.6) is 0 Å². The summed E-state index contributed by atoms with van der Waals surface area (Å²) in [6.07, 6.45) is 3.77. The standard InChI is InChI=1S/C56H64F3N9O8S2/c1-32-51(77-31-63-32)36-14-10-34(11-15-36)25-62-54(72)46-24-40(69)29-68(46)55(73)52(56(2,3)4)64-47(70)30-76-41-22-39(23-41)66(5)19-6-7-33-8-12-35(13-9-33)37-21-42-43(27-61-53(42)60-26-37)50(71)48-44(58)16-17-45(49(48)59)65-78(74,75)67-20-18-38(57)28-67/h8-17,21,26-27,31,38-41,46,52,65,69H,6-7,18-20,22-25,28-30H2,1-5H3,(H,60,61)(H,62,72)(H,64,70)/t38-,39-,40-,41-,46+,52-/m1/s1. The van der Waals surface area contributed by atoms with Crippen molar-refractivity contribution in [2.24, 2.45) is 5.41 Å². The van der Waals surface area contributed by atoms with Gasteiger partial charge in [0.2, 0.25) is 23.5 Å². The number of halogens is 3. The number of aromatic nitrogens is 3. The second-order valence-electron chi connectivity index (χ2n) is 21.6. The molecule has 4 atom stereocenters. The first kappa shape index (κ1) is 56.2. The zero-order chi connectivity index (χ0) is 55.6. The van der Waals surface area contributed by atoms with Crippen LogP contribution in [0.3, 0.4) is 0 Å². The predicted octanol–water partition coefficient (Wildman–Crippen LogP) is 7.09. The summed E-state index contributed by atoms with van der Waals surface area (Å²) in [5, 5.41) is 16.7. The number of thiazole rings is 1. The fourth-order valence-electron chi connectivity index (χ4n) is 10.2. The molecule has 414 valence electrons. The Morgan fingerprint density at radius 2 is 1.68 bits per heavy atom. The number of H-pyrrole nitrogens is 1. The fourth-order valence-corrected chi connectivity index (χ4v) is 12.3. The summed E-state index contributed by atoms with van der Waals surface area (Å²) in [5.41, 5.74) is 5.15. The number of nitrogens with zero attached hydrogens (tertiary/aromatic N) is 5. The van der Waals surface area contributed by atoms with E-state index < -0.39 is 87.0 Å². The Bertz CT molecular complexity index is 3290. The Labute approximate surface area is 455 Å². The van der Waals surface area contributed by atoms with Crippen LogP contribution >= 0.6 is 11.3 Å². The van der Waals surface area contributed by atoms with Gasteiger partial charge in [0, 0.05) is 67.5 Å². The zero-order valence-electron chi connectivity index (χ0n) is 44.0. The third-order valence-corrected chi connectivity index (χ3v) is 17.4. The van der Waals surface area contributed by atoms with E-state index in [-0.39, 0.29) is 62.7 Å². The highest BCUT2D eigenvalue weighted by Crippen LogP contribution is 2.33. The number of hydrogen-bond donors (Lipinski definition) is 5. The van der Waals surface area contributed by atoms with E-state index >= 15 is 8.78 Å². The van der Waals surface area contributed by atoms with Gasteiger partial charge in [-0.15, -0.1) is 11.3 Å². The van der Waals surface area contributed by atoms with Crippen molar-refractivity contribution in [3.8, 4) is 21.6 Å². The second kappa shape index (κ2) is 23.4. The molecule has 0 radical (unpaired) electrons. The van der Waals surface area contributed by atoms with Crippen molar-refractivity contribution in [2.45, 2.75) is 109 Å². The molecule has 5 heterocycles. The number of β-amino-alcohol motifs (C(OH)–C–C–N with tert-alkyl or cyclic N) is 1. The Balaban J connectivity index is 0.718. The first-order chi connectivity index (χ1) is 37.1. The molecule has 2 aliphatic heterocycles. The molecule has 17 nitrogen and oxygen atoms in total. The number of amides is 3. The average Bonchev–Trinajstić information content (AvgIpc) is 4.23. The summed E-state index contributed by atoms with van der Waals surface area (Å²) >= 11 is 1.56. The number of aromatic amines is 1. The number of aryl methyl sites for hydroxylation is 2. The largest absolute Gasteiger partial charge is 0.391 e. The summed E-state index contributed by atoms with van der Waals surface area (Å²) in [6.45, 7) is 7.77. The van der Waals surface area contributed by atoms with Gasteiger partial charge in [-0.1, -0.05) is 69.3 Å². The topological polar surface area (TPSA) is 219 Å². The number of benzene rings is 3. The highest BCUT2D eigenvalue weighted by molar-refractivity contribution is 7.90. The van der Waals surface area contributed by atoms with Crippen molar-refractivity contribution >= 4 is 61.8 Å². The van der Waals surface area contributed by atoms with Crippen molar-refractivity contribution in [3.63, 3.8) is 0 Å². The van der Waals surface area contributed by atoms with Gasteiger partial charge in [0.1, 0.15) is 36.3 Å². The van der Waals surface area contributed by atoms with Crippen molar-refractivity contribution in [3.05, 3.63) is 124 Å². The second-order valence-corrected chi connectivity index (χ2v) is 24.1. The van der Waals surface area contributed by atoms with E-state index in [1.807, 2.05) is 80.9 Å². The van der Waals surface area contributed by atoms with E-state index in [1.54, 1.807) is 29.1 Å². The van der Waals surface area contributed by atoms with Crippen LogP contribution in [0.4, 0.5) is 18.9 Å². The third kappa shape index (κ3) is 12.6. The van der Waals surface area contributed by atoms with Gasteiger partial charge in [0.05, 0.1) is 39.5 Å². The molecule has 3 fully saturated rings. The molecule has 3 aromatic heterocycles. The number of ether oxygens (including phenoxy) is 1. The fraction of sp³-hybridized carbons (Fsp3) is 0.429. The van der Waals surface area contributed by atoms with Crippen LogP contribution < -0.4 is 15.4 Å². The van der Waals surface area contributed by atoms with E-state index in [2.05, 4.69) is 37.5 Å². The van der Waals surface area contributed by atoms with Crippen molar-refractivity contribution in [2.75, 3.05) is 44.6 Å². The zero-order valence-corrected chi connectivity index (χ0v) is 45.7. The number of likely N-dealkylation sites (tertiary alicyclic amines) is 1. The van der Waals surface area contributed by atoms with Gasteiger partial charge in [-0.25, -0.2) is 23.1 Å². The van der Waals surface area contributed by atoms with E-state index in [4.69, 9.17) is 4.74 Å². The van der Waals surface area contributed by atoms with Crippen LogP contribution in [0.25, 0.3) is 32.6 Å². The molecular formula is C56H64F3N9O8S2. The number of rotatable bonds is 20. The number of alkyl halides is 1. The molecule has 3 aliphatic rings. The number of ketones is 1. The molecule has 22 heteroatoms.